The highest BCUT2D eigenvalue weighted by Gasteiger charge is 2.23. The van der Waals surface area contributed by atoms with Crippen molar-refractivity contribution >= 4 is 20.9 Å². The molecule has 2 heterocycles. The van der Waals surface area contributed by atoms with Crippen molar-refractivity contribution in [3.05, 3.63) is 72.1 Å². The summed E-state index contributed by atoms with van der Waals surface area (Å²) in [6, 6.07) is 17.6. The van der Waals surface area contributed by atoms with E-state index in [9.17, 15) is 8.42 Å². The first kappa shape index (κ1) is 19.7. The van der Waals surface area contributed by atoms with Gasteiger partial charge in [-0.15, -0.1) is 0 Å². The SMILES string of the molecule is Cc1ccc(S(=O)(=O)Oc2ccc3cc(-c4noc(C5CCCN5)n4)ccc3c2)cc1. The van der Waals surface area contributed by atoms with E-state index in [4.69, 9.17) is 8.71 Å². The molecular formula is C23H21N3O4S. The third-order valence-electron chi connectivity index (χ3n) is 5.39. The van der Waals surface area contributed by atoms with Crippen LogP contribution < -0.4 is 9.50 Å². The van der Waals surface area contributed by atoms with E-state index < -0.39 is 10.1 Å². The summed E-state index contributed by atoms with van der Waals surface area (Å²) in [6.07, 6.45) is 2.09. The Labute approximate surface area is 180 Å². The maximum Gasteiger partial charge on any atom is 0.339 e. The molecule has 4 aromatic rings. The second-order valence-corrected chi connectivity index (χ2v) is 9.23. The molecule has 3 aromatic carbocycles. The first-order valence-corrected chi connectivity index (χ1v) is 11.5. The van der Waals surface area contributed by atoms with Crippen molar-refractivity contribution in [3.8, 4) is 17.1 Å². The molecular weight excluding hydrogens is 414 g/mol. The fourth-order valence-corrected chi connectivity index (χ4v) is 4.61. The summed E-state index contributed by atoms with van der Waals surface area (Å²) in [5.41, 5.74) is 1.81. The molecule has 158 valence electrons. The highest BCUT2D eigenvalue weighted by atomic mass is 32.2. The van der Waals surface area contributed by atoms with Gasteiger partial charge in [0.2, 0.25) is 11.7 Å². The lowest BCUT2D eigenvalue weighted by atomic mass is 10.1. The van der Waals surface area contributed by atoms with Crippen LogP contribution in [0.1, 0.15) is 30.3 Å². The standard InChI is InChI=1S/C23H21N3O4S/c1-15-4-10-20(11-5-15)31(27,28)30-19-9-8-16-13-18(7-6-17(16)14-19)22-25-23(29-26-22)21-3-2-12-24-21/h4-11,13-14,21,24H,2-3,12H2,1H3. The first-order valence-electron chi connectivity index (χ1n) is 10.1. The Bertz CT molecular complexity index is 1340. The smallest absolute Gasteiger partial charge is 0.339 e. The van der Waals surface area contributed by atoms with Gasteiger partial charge in [-0.05, 0) is 67.4 Å². The van der Waals surface area contributed by atoms with Gasteiger partial charge in [-0.1, -0.05) is 41.1 Å². The lowest BCUT2D eigenvalue weighted by molar-refractivity contribution is 0.345. The Morgan fingerprint density at radius 2 is 1.81 bits per heavy atom. The van der Waals surface area contributed by atoms with E-state index >= 15 is 0 Å². The predicted octanol–water partition coefficient (Wildman–Crippen LogP) is 4.39. The molecule has 1 fully saturated rings. The Morgan fingerprint density at radius 1 is 1.03 bits per heavy atom. The largest absolute Gasteiger partial charge is 0.379 e. The van der Waals surface area contributed by atoms with Crippen LogP contribution in [0.25, 0.3) is 22.2 Å². The molecule has 1 saturated heterocycles. The number of hydrogen-bond acceptors (Lipinski definition) is 7. The van der Waals surface area contributed by atoms with Gasteiger partial charge >= 0.3 is 10.1 Å². The number of nitrogens with one attached hydrogen (secondary N) is 1. The van der Waals surface area contributed by atoms with E-state index in [1.807, 2.05) is 31.2 Å². The number of benzene rings is 3. The van der Waals surface area contributed by atoms with Crippen molar-refractivity contribution in [1.82, 2.24) is 15.5 Å². The summed E-state index contributed by atoms with van der Waals surface area (Å²) in [7, 11) is -3.89. The Morgan fingerprint density at radius 3 is 2.58 bits per heavy atom. The van der Waals surface area contributed by atoms with Crippen LogP contribution in [0.15, 0.2) is 70.1 Å². The maximum atomic E-state index is 12.5. The average molecular weight is 436 g/mol. The van der Waals surface area contributed by atoms with Gasteiger partial charge in [-0.3, -0.25) is 0 Å². The normalized spacial score (nSPS) is 16.6. The zero-order valence-corrected chi connectivity index (χ0v) is 17.7. The summed E-state index contributed by atoms with van der Waals surface area (Å²) >= 11 is 0. The summed E-state index contributed by atoms with van der Waals surface area (Å²) < 4.78 is 35.9. The lowest BCUT2D eigenvalue weighted by Crippen LogP contribution is -2.12. The van der Waals surface area contributed by atoms with Crippen LogP contribution in [-0.2, 0) is 10.1 Å². The molecule has 0 bridgehead atoms. The highest BCUT2D eigenvalue weighted by molar-refractivity contribution is 7.87. The molecule has 7 nitrogen and oxygen atoms in total. The third-order valence-corrected chi connectivity index (χ3v) is 6.65. The van der Waals surface area contributed by atoms with Gasteiger partial charge in [-0.25, -0.2) is 0 Å². The number of rotatable bonds is 5. The number of hydrogen-bond donors (Lipinski definition) is 1. The minimum Gasteiger partial charge on any atom is -0.379 e. The molecule has 1 aliphatic heterocycles. The van der Waals surface area contributed by atoms with Crippen molar-refractivity contribution in [3.63, 3.8) is 0 Å². The second kappa shape index (κ2) is 7.79. The molecule has 5 rings (SSSR count). The summed E-state index contributed by atoms with van der Waals surface area (Å²) in [4.78, 5) is 4.65. The van der Waals surface area contributed by atoms with Crippen molar-refractivity contribution in [2.45, 2.75) is 30.7 Å². The van der Waals surface area contributed by atoms with E-state index in [1.54, 1.807) is 24.3 Å². The van der Waals surface area contributed by atoms with Gasteiger partial charge in [0.15, 0.2) is 0 Å². The Balaban J connectivity index is 1.39. The molecule has 1 aromatic heterocycles. The molecule has 8 heteroatoms. The monoisotopic (exact) mass is 435 g/mol. The molecule has 31 heavy (non-hydrogen) atoms. The van der Waals surface area contributed by atoms with E-state index in [0.29, 0.717) is 11.7 Å². The van der Waals surface area contributed by atoms with Crippen molar-refractivity contribution < 1.29 is 17.1 Å². The number of nitrogens with zero attached hydrogens (tertiary/aromatic N) is 2. The van der Waals surface area contributed by atoms with Crippen LogP contribution in [0.2, 0.25) is 0 Å². The van der Waals surface area contributed by atoms with Crippen molar-refractivity contribution in [2.75, 3.05) is 6.54 Å². The molecule has 0 saturated carbocycles. The summed E-state index contributed by atoms with van der Waals surface area (Å²) in [5.74, 6) is 1.40. The number of aryl methyl sites for hydroxylation is 1. The molecule has 0 radical (unpaired) electrons. The van der Waals surface area contributed by atoms with Crippen LogP contribution in [0.5, 0.6) is 5.75 Å². The summed E-state index contributed by atoms with van der Waals surface area (Å²) in [5, 5.41) is 9.23. The third kappa shape index (κ3) is 4.04. The zero-order chi connectivity index (χ0) is 21.4. The van der Waals surface area contributed by atoms with Crippen LogP contribution in [0.4, 0.5) is 0 Å². The Hall–Kier alpha value is -3.23. The average Bonchev–Trinajstić information content (AvgIpc) is 3.45. The van der Waals surface area contributed by atoms with Gasteiger partial charge in [-0.2, -0.15) is 13.4 Å². The molecule has 0 amide bonds. The first-order chi connectivity index (χ1) is 15.0. The van der Waals surface area contributed by atoms with E-state index in [0.717, 1.165) is 41.3 Å². The van der Waals surface area contributed by atoms with Crippen molar-refractivity contribution in [2.24, 2.45) is 0 Å². The maximum absolute atomic E-state index is 12.5. The van der Waals surface area contributed by atoms with Crippen LogP contribution in [0.3, 0.4) is 0 Å². The minimum atomic E-state index is -3.89. The quantitative estimate of drug-likeness (QED) is 0.465. The van der Waals surface area contributed by atoms with E-state index in [1.165, 1.54) is 12.1 Å². The summed E-state index contributed by atoms with van der Waals surface area (Å²) in [6.45, 7) is 2.86. The Kier molecular flexibility index (Phi) is 4.95. The second-order valence-electron chi connectivity index (χ2n) is 7.68. The predicted molar refractivity (Wildman–Crippen MR) is 116 cm³/mol. The highest BCUT2D eigenvalue weighted by Crippen LogP contribution is 2.29. The molecule has 1 unspecified atom stereocenters. The zero-order valence-electron chi connectivity index (χ0n) is 16.9. The molecule has 1 N–H and O–H groups in total. The fraction of sp³-hybridized carbons (Fsp3) is 0.217. The number of fused-ring (bicyclic) bond motifs is 1. The van der Waals surface area contributed by atoms with E-state index in [2.05, 4.69) is 15.5 Å². The molecule has 0 aliphatic carbocycles. The minimum absolute atomic E-state index is 0.122. The van der Waals surface area contributed by atoms with Crippen LogP contribution in [0, 0.1) is 6.92 Å². The van der Waals surface area contributed by atoms with Gasteiger partial charge in [0, 0.05) is 5.56 Å². The van der Waals surface area contributed by atoms with Gasteiger partial charge in [0.1, 0.15) is 10.6 Å². The molecule has 0 spiro atoms. The van der Waals surface area contributed by atoms with Crippen LogP contribution >= 0.6 is 0 Å². The lowest BCUT2D eigenvalue weighted by Gasteiger charge is -2.08. The van der Waals surface area contributed by atoms with E-state index in [-0.39, 0.29) is 16.7 Å². The van der Waals surface area contributed by atoms with Crippen LogP contribution in [-0.4, -0.2) is 25.1 Å². The molecule has 1 atom stereocenters. The fourth-order valence-electron chi connectivity index (χ4n) is 3.68. The van der Waals surface area contributed by atoms with Crippen molar-refractivity contribution in [1.29, 1.82) is 0 Å². The number of aromatic nitrogens is 2. The van der Waals surface area contributed by atoms with Gasteiger partial charge < -0.3 is 14.0 Å². The topological polar surface area (TPSA) is 94.3 Å². The van der Waals surface area contributed by atoms with Gasteiger partial charge in [0.25, 0.3) is 0 Å². The van der Waals surface area contributed by atoms with Gasteiger partial charge in [0.05, 0.1) is 6.04 Å². The molecule has 1 aliphatic rings.